The topological polar surface area (TPSA) is 237 Å². The van der Waals surface area contributed by atoms with Crippen molar-refractivity contribution in [3.8, 4) is 0 Å². The second-order valence-corrected chi connectivity index (χ2v) is 28.8. The van der Waals surface area contributed by atoms with E-state index < -0.39 is 97.5 Å². The van der Waals surface area contributed by atoms with Crippen LogP contribution in [0, 0.1) is 0 Å². The highest BCUT2D eigenvalue weighted by Crippen LogP contribution is 2.45. The summed E-state index contributed by atoms with van der Waals surface area (Å²) in [4.78, 5) is 73.0. The van der Waals surface area contributed by atoms with Gasteiger partial charge < -0.3 is 33.8 Å². The molecule has 0 aromatic rings. The minimum absolute atomic E-state index is 0.0355. The van der Waals surface area contributed by atoms with E-state index in [0.29, 0.717) is 32.1 Å². The van der Waals surface area contributed by atoms with E-state index >= 15 is 0 Å². The number of esters is 4. The molecule has 0 aromatic carbocycles. The molecule has 0 aromatic heterocycles. The predicted molar refractivity (Wildman–Crippen MR) is 418 cm³/mol. The molecule has 0 aliphatic carbocycles. The van der Waals surface area contributed by atoms with Crippen LogP contribution < -0.4 is 0 Å². The van der Waals surface area contributed by atoms with E-state index in [9.17, 15) is 43.2 Å². The SMILES string of the molecule is CC/C=C\C/C=C\C/C=C\C/C=C\CCCCCCCCC(=O)OCC(COP(=O)(O)OCC(O)COP(=O)(O)OCC(COC(=O)CCCCCCC/C=C\CCCCCCCC)OC(=O)CCCCCCC/C=C\C/C=C\CCC)OC(=O)CCCC/C=C\C/C=C\C/C=C\C/C=C\CC. The molecule has 0 fully saturated rings. The first kappa shape index (κ1) is 97.2. The van der Waals surface area contributed by atoms with E-state index in [0.717, 1.165) is 186 Å². The maximum absolute atomic E-state index is 13.1. The van der Waals surface area contributed by atoms with Crippen molar-refractivity contribution < 1.29 is 80.2 Å². The number of aliphatic hydroxyl groups excluding tert-OH is 1. The molecule has 0 saturated carbocycles. The molecular formula is C83H140O17P2. The lowest BCUT2D eigenvalue weighted by molar-refractivity contribution is -0.161. The zero-order valence-corrected chi connectivity index (χ0v) is 65.5. The summed E-state index contributed by atoms with van der Waals surface area (Å²) in [7, 11) is -9.98. The molecule has 5 unspecified atom stereocenters. The van der Waals surface area contributed by atoms with Crippen molar-refractivity contribution in [2.75, 3.05) is 39.6 Å². The van der Waals surface area contributed by atoms with E-state index in [1.165, 1.54) is 38.5 Å². The first-order valence-corrected chi connectivity index (χ1v) is 42.4. The van der Waals surface area contributed by atoms with Gasteiger partial charge in [0.1, 0.15) is 19.3 Å². The number of hydrogen-bond acceptors (Lipinski definition) is 15. The number of rotatable bonds is 73. The molecule has 0 aliphatic heterocycles. The minimum atomic E-state index is -5.00. The monoisotopic (exact) mass is 1470 g/mol. The van der Waals surface area contributed by atoms with Gasteiger partial charge in [-0.3, -0.25) is 37.3 Å². The van der Waals surface area contributed by atoms with Crippen LogP contribution in [0.5, 0.6) is 0 Å². The highest BCUT2D eigenvalue weighted by Gasteiger charge is 2.30. The van der Waals surface area contributed by atoms with Crippen LogP contribution in [0.15, 0.2) is 134 Å². The molecule has 3 N–H and O–H groups in total. The van der Waals surface area contributed by atoms with Crippen LogP contribution in [-0.2, 0) is 65.4 Å². The third-order valence-electron chi connectivity index (χ3n) is 16.1. The van der Waals surface area contributed by atoms with Crippen LogP contribution in [0.2, 0.25) is 0 Å². The Labute approximate surface area is 618 Å². The first-order chi connectivity index (χ1) is 49.7. The van der Waals surface area contributed by atoms with Gasteiger partial charge in [-0.1, -0.05) is 264 Å². The van der Waals surface area contributed by atoms with E-state index in [2.05, 4.69) is 161 Å². The van der Waals surface area contributed by atoms with Gasteiger partial charge in [-0.25, -0.2) is 9.13 Å². The summed E-state index contributed by atoms with van der Waals surface area (Å²) in [6.07, 6.45) is 82.9. The third-order valence-corrected chi connectivity index (χ3v) is 18.0. The lowest BCUT2D eigenvalue weighted by atomic mass is 10.1. The van der Waals surface area contributed by atoms with E-state index in [1.807, 2.05) is 0 Å². The molecule has 17 nitrogen and oxygen atoms in total. The average molecular weight is 1470 g/mol. The Balaban J connectivity index is 5.40. The number of hydrogen-bond donors (Lipinski definition) is 3. The zero-order valence-electron chi connectivity index (χ0n) is 63.7. The fraction of sp³-hybridized carbons (Fsp3) is 0.687. The largest absolute Gasteiger partial charge is 0.472 e. The number of phosphoric ester groups is 2. The summed E-state index contributed by atoms with van der Waals surface area (Å²) >= 11 is 0. The molecule has 0 bridgehead atoms. The minimum Gasteiger partial charge on any atom is -0.462 e. The summed E-state index contributed by atoms with van der Waals surface area (Å²) in [6, 6.07) is 0. The van der Waals surface area contributed by atoms with Crippen molar-refractivity contribution >= 4 is 39.5 Å². The van der Waals surface area contributed by atoms with Crippen LogP contribution in [-0.4, -0.2) is 96.7 Å². The Kier molecular flexibility index (Phi) is 71.0. The Morgan fingerprint density at radius 2 is 0.529 bits per heavy atom. The average Bonchev–Trinajstić information content (AvgIpc) is 0.924. The van der Waals surface area contributed by atoms with Gasteiger partial charge in [0.25, 0.3) is 0 Å². The molecule has 0 radical (unpaired) electrons. The molecule has 0 aliphatic rings. The van der Waals surface area contributed by atoms with Gasteiger partial charge in [-0.2, -0.15) is 0 Å². The zero-order chi connectivity index (χ0) is 74.6. The van der Waals surface area contributed by atoms with Crippen LogP contribution in [0.1, 0.15) is 310 Å². The quantitative estimate of drug-likeness (QED) is 0.0169. The Bertz CT molecular complexity index is 2460. The highest BCUT2D eigenvalue weighted by atomic mass is 31.2. The Morgan fingerprint density at radius 3 is 0.853 bits per heavy atom. The summed E-state index contributed by atoms with van der Waals surface area (Å²) in [6.45, 7) is 4.49. The van der Waals surface area contributed by atoms with Crippen LogP contribution in [0.3, 0.4) is 0 Å². The lowest BCUT2D eigenvalue weighted by Gasteiger charge is -2.21. The number of phosphoric acid groups is 2. The number of allylic oxidation sites excluding steroid dienone is 22. The fourth-order valence-electron chi connectivity index (χ4n) is 10.1. The standard InChI is InChI=1S/C83H140O17P2/c1-5-9-13-17-21-25-29-33-36-37-38-39-42-45-48-52-56-60-64-68-81(86)94-74-79(100-83(88)70-66-62-58-54-50-46-41-35-31-27-23-19-15-11-7-3)76-98-102(91,92)96-72-77(84)71-95-101(89,90)97-75-78(99-82(87)69-65-61-57-53-49-43-32-28-24-20-16-12-8-4)73-93-80(85)67-63-59-55-51-47-44-40-34-30-26-22-18-14-10-6-2/h9,11,13,15-16,20-21,23,25,27-28,32-36,38-41,50,54,77-79,84H,5-8,10,12,14,17-19,22,24,26,29-31,37,42-49,51-53,55-76H2,1-4H3,(H,89,90)(H,91,92)/b13-9-,15-11-,20-16-,25-21-,27-23-,32-28-,36-33-,39-38-,40-34-,41-35-,54-50-. The van der Waals surface area contributed by atoms with E-state index in [4.69, 9.17) is 37.0 Å². The molecule has 0 heterocycles. The molecule has 0 rings (SSSR count). The Hall–Kier alpha value is -4.80. The van der Waals surface area contributed by atoms with Gasteiger partial charge >= 0.3 is 39.5 Å². The molecule has 0 amide bonds. The second-order valence-electron chi connectivity index (χ2n) is 25.9. The summed E-state index contributed by atoms with van der Waals surface area (Å²) in [5.74, 6) is -2.26. The molecule has 19 heteroatoms. The van der Waals surface area contributed by atoms with Crippen molar-refractivity contribution in [3.05, 3.63) is 134 Å². The predicted octanol–water partition coefficient (Wildman–Crippen LogP) is 22.9. The molecule has 584 valence electrons. The van der Waals surface area contributed by atoms with Gasteiger partial charge in [0.2, 0.25) is 0 Å². The normalized spacial score (nSPS) is 14.6. The fourth-order valence-corrected chi connectivity index (χ4v) is 11.7. The van der Waals surface area contributed by atoms with Crippen molar-refractivity contribution in [1.82, 2.24) is 0 Å². The van der Waals surface area contributed by atoms with E-state index in [-0.39, 0.29) is 25.7 Å². The summed E-state index contributed by atoms with van der Waals surface area (Å²) < 4.78 is 68.5. The van der Waals surface area contributed by atoms with Crippen molar-refractivity contribution in [2.24, 2.45) is 0 Å². The van der Waals surface area contributed by atoms with E-state index in [1.54, 1.807) is 0 Å². The molecule has 102 heavy (non-hydrogen) atoms. The van der Waals surface area contributed by atoms with Crippen molar-refractivity contribution in [3.63, 3.8) is 0 Å². The number of carbonyl (C=O) groups is 4. The van der Waals surface area contributed by atoms with Crippen LogP contribution in [0.25, 0.3) is 0 Å². The van der Waals surface area contributed by atoms with Crippen molar-refractivity contribution in [1.29, 1.82) is 0 Å². The number of unbranched alkanes of at least 4 members (excludes halogenated alkanes) is 25. The molecule has 0 spiro atoms. The first-order valence-electron chi connectivity index (χ1n) is 39.4. The highest BCUT2D eigenvalue weighted by molar-refractivity contribution is 7.47. The summed E-state index contributed by atoms with van der Waals surface area (Å²) in [5.41, 5.74) is 0. The van der Waals surface area contributed by atoms with Crippen molar-refractivity contribution in [2.45, 2.75) is 329 Å². The van der Waals surface area contributed by atoms with Gasteiger partial charge in [0.15, 0.2) is 12.2 Å². The maximum atomic E-state index is 13.1. The molecular weight excluding hydrogens is 1330 g/mol. The molecule has 5 atom stereocenters. The van der Waals surface area contributed by atoms with Crippen LogP contribution in [0.4, 0.5) is 0 Å². The van der Waals surface area contributed by atoms with Gasteiger partial charge in [0.05, 0.1) is 26.4 Å². The van der Waals surface area contributed by atoms with Gasteiger partial charge in [-0.05, 0) is 154 Å². The third kappa shape index (κ3) is 73.5. The maximum Gasteiger partial charge on any atom is 0.472 e. The van der Waals surface area contributed by atoms with Gasteiger partial charge in [0, 0.05) is 25.7 Å². The molecule has 0 saturated heterocycles. The number of ether oxygens (including phenoxy) is 4. The lowest BCUT2D eigenvalue weighted by Crippen LogP contribution is -2.30. The number of aliphatic hydroxyl groups is 1. The van der Waals surface area contributed by atoms with Gasteiger partial charge in [-0.15, -0.1) is 0 Å². The number of carbonyl (C=O) groups excluding carboxylic acids is 4. The Morgan fingerprint density at radius 1 is 0.284 bits per heavy atom. The second kappa shape index (κ2) is 74.5. The summed E-state index contributed by atoms with van der Waals surface area (Å²) in [5, 5.41) is 10.6. The smallest absolute Gasteiger partial charge is 0.462 e. The van der Waals surface area contributed by atoms with Crippen LogP contribution >= 0.6 is 15.6 Å².